The molecule has 1 aliphatic heterocycles. The van der Waals surface area contributed by atoms with Crippen LogP contribution in [0.15, 0.2) is 52.3 Å². The standard InChI is InChI=1S/C22H26N2O5S2/c1-4-29-17-7-5-16(6-8-17)12-23-21(25)14(2)13-31(27,28)18-9-10-20-19(11-18)24-22(26)15(3)30-20/h5-11,14-15H,4,12-13H2,1-3H3,(H,23,25)(H,24,26)/t14-,15+/m1/s1. The Bertz CT molecular complexity index is 1070. The number of thioether (sulfide) groups is 1. The minimum atomic E-state index is -3.70. The van der Waals surface area contributed by atoms with Crippen LogP contribution in [0.3, 0.4) is 0 Å². The summed E-state index contributed by atoms with van der Waals surface area (Å²) in [6.07, 6.45) is 0. The van der Waals surface area contributed by atoms with Crippen molar-refractivity contribution in [3.05, 3.63) is 48.0 Å². The summed E-state index contributed by atoms with van der Waals surface area (Å²) in [4.78, 5) is 25.2. The molecule has 2 aromatic rings. The van der Waals surface area contributed by atoms with Crippen LogP contribution in [0.25, 0.3) is 0 Å². The molecular formula is C22H26N2O5S2. The molecule has 2 aromatic carbocycles. The van der Waals surface area contributed by atoms with Crippen LogP contribution >= 0.6 is 11.8 Å². The van der Waals surface area contributed by atoms with Crippen LogP contribution in [0.5, 0.6) is 5.75 Å². The molecule has 0 bridgehead atoms. The Morgan fingerprint density at radius 2 is 1.94 bits per heavy atom. The van der Waals surface area contributed by atoms with Crippen LogP contribution < -0.4 is 15.4 Å². The fourth-order valence-corrected chi connectivity index (χ4v) is 5.62. The van der Waals surface area contributed by atoms with Gasteiger partial charge in [-0.1, -0.05) is 19.1 Å². The molecule has 0 fully saturated rings. The topological polar surface area (TPSA) is 102 Å². The average Bonchev–Trinajstić information content (AvgIpc) is 2.73. The molecule has 1 heterocycles. The van der Waals surface area contributed by atoms with Gasteiger partial charge in [-0.25, -0.2) is 8.42 Å². The van der Waals surface area contributed by atoms with E-state index in [2.05, 4.69) is 10.6 Å². The molecular weight excluding hydrogens is 436 g/mol. The van der Waals surface area contributed by atoms with Gasteiger partial charge in [0.05, 0.1) is 28.2 Å². The maximum atomic E-state index is 12.8. The first kappa shape index (κ1) is 23.1. The number of fused-ring (bicyclic) bond motifs is 1. The van der Waals surface area contributed by atoms with Gasteiger partial charge in [0, 0.05) is 17.4 Å². The summed E-state index contributed by atoms with van der Waals surface area (Å²) >= 11 is 1.39. The molecule has 7 nitrogen and oxygen atoms in total. The van der Waals surface area contributed by atoms with Crippen LogP contribution in [-0.2, 0) is 26.0 Å². The molecule has 0 aromatic heterocycles. The fraction of sp³-hybridized carbons (Fsp3) is 0.364. The zero-order valence-corrected chi connectivity index (χ0v) is 19.3. The van der Waals surface area contributed by atoms with Gasteiger partial charge in [-0.2, -0.15) is 0 Å². The van der Waals surface area contributed by atoms with E-state index in [4.69, 9.17) is 4.74 Å². The molecule has 2 N–H and O–H groups in total. The molecule has 0 saturated carbocycles. The smallest absolute Gasteiger partial charge is 0.237 e. The molecule has 9 heteroatoms. The second kappa shape index (κ2) is 9.74. The van der Waals surface area contributed by atoms with Crippen LogP contribution in [0.1, 0.15) is 26.3 Å². The van der Waals surface area contributed by atoms with Gasteiger partial charge < -0.3 is 15.4 Å². The highest BCUT2D eigenvalue weighted by atomic mass is 32.2. The molecule has 0 saturated heterocycles. The summed E-state index contributed by atoms with van der Waals surface area (Å²) in [6.45, 7) is 6.17. The Hall–Kier alpha value is -2.52. The Morgan fingerprint density at radius 3 is 2.61 bits per heavy atom. The summed E-state index contributed by atoms with van der Waals surface area (Å²) in [5, 5.41) is 5.29. The summed E-state index contributed by atoms with van der Waals surface area (Å²) in [6, 6.07) is 12.0. The van der Waals surface area contributed by atoms with Gasteiger partial charge in [-0.3, -0.25) is 9.59 Å². The number of carbonyl (C=O) groups excluding carboxylic acids is 2. The maximum absolute atomic E-state index is 12.8. The lowest BCUT2D eigenvalue weighted by Crippen LogP contribution is -2.32. The number of benzene rings is 2. The lowest BCUT2D eigenvalue weighted by Gasteiger charge is -2.22. The monoisotopic (exact) mass is 462 g/mol. The van der Waals surface area contributed by atoms with Crippen molar-refractivity contribution in [2.24, 2.45) is 5.92 Å². The van der Waals surface area contributed by atoms with Crippen molar-refractivity contribution in [3.8, 4) is 5.75 Å². The second-order valence-electron chi connectivity index (χ2n) is 7.38. The zero-order chi connectivity index (χ0) is 22.6. The molecule has 0 aliphatic carbocycles. The highest BCUT2D eigenvalue weighted by Crippen LogP contribution is 2.37. The Kier molecular flexibility index (Phi) is 7.27. The van der Waals surface area contributed by atoms with Crippen molar-refractivity contribution >= 4 is 39.1 Å². The van der Waals surface area contributed by atoms with Crippen LogP contribution in [0.2, 0.25) is 0 Å². The van der Waals surface area contributed by atoms with E-state index < -0.39 is 15.8 Å². The summed E-state index contributed by atoms with van der Waals surface area (Å²) in [5.74, 6) is -0.792. The van der Waals surface area contributed by atoms with Gasteiger partial charge in [0.1, 0.15) is 5.75 Å². The summed E-state index contributed by atoms with van der Waals surface area (Å²) in [7, 11) is -3.70. The number of ether oxygens (including phenoxy) is 1. The minimum Gasteiger partial charge on any atom is -0.494 e. The predicted octanol–water partition coefficient (Wildman–Crippen LogP) is 3.24. The third-order valence-electron chi connectivity index (χ3n) is 4.86. The number of carbonyl (C=O) groups is 2. The predicted molar refractivity (Wildman–Crippen MR) is 121 cm³/mol. The van der Waals surface area contributed by atoms with Crippen molar-refractivity contribution < 1.29 is 22.7 Å². The lowest BCUT2D eigenvalue weighted by atomic mass is 10.2. The van der Waals surface area contributed by atoms with Gasteiger partial charge in [0.15, 0.2) is 9.84 Å². The molecule has 166 valence electrons. The van der Waals surface area contributed by atoms with Crippen molar-refractivity contribution in [1.82, 2.24) is 5.32 Å². The third kappa shape index (κ3) is 5.80. The van der Waals surface area contributed by atoms with E-state index in [0.29, 0.717) is 18.8 Å². The molecule has 2 amide bonds. The normalized spacial score (nSPS) is 16.7. The Balaban J connectivity index is 1.61. The van der Waals surface area contributed by atoms with Gasteiger partial charge in [-0.05, 0) is 49.7 Å². The number of hydrogen-bond acceptors (Lipinski definition) is 6. The first-order valence-corrected chi connectivity index (χ1v) is 12.6. The minimum absolute atomic E-state index is 0.0906. The van der Waals surface area contributed by atoms with Crippen molar-refractivity contribution in [1.29, 1.82) is 0 Å². The first-order valence-electron chi connectivity index (χ1n) is 10.0. The zero-order valence-electron chi connectivity index (χ0n) is 17.7. The summed E-state index contributed by atoms with van der Waals surface area (Å²) in [5.41, 5.74) is 1.38. The van der Waals surface area contributed by atoms with E-state index in [0.717, 1.165) is 16.2 Å². The highest BCUT2D eigenvalue weighted by Gasteiger charge is 2.27. The number of hydrogen-bond donors (Lipinski definition) is 2. The maximum Gasteiger partial charge on any atom is 0.237 e. The van der Waals surface area contributed by atoms with E-state index >= 15 is 0 Å². The quantitative estimate of drug-likeness (QED) is 0.625. The number of amides is 2. The molecule has 3 rings (SSSR count). The van der Waals surface area contributed by atoms with Crippen LogP contribution in [0, 0.1) is 5.92 Å². The van der Waals surface area contributed by atoms with Gasteiger partial charge in [0.2, 0.25) is 11.8 Å². The SMILES string of the molecule is CCOc1ccc(CNC(=O)[C@H](C)CS(=O)(=O)c2ccc3c(c2)NC(=O)[C@H](C)S3)cc1. The molecule has 0 spiro atoms. The first-order chi connectivity index (χ1) is 14.7. The van der Waals surface area contributed by atoms with Crippen LogP contribution in [0.4, 0.5) is 5.69 Å². The number of rotatable bonds is 8. The molecule has 0 radical (unpaired) electrons. The van der Waals surface area contributed by atoms with Gasteiger partial charge in [-0.15, -0.1) is 11.8 Å². The fourth-order valence-electron chi connectivity index (χ4n) is 3.12. The highest BCUT2D eigenvalue weighted by molar-refractivity contribution is 8.01. The van der Waals surface area contributed by atoms with Crippen molar-refractivity contribution in [2.75, 3.05) is 17.7 Å². The van der Waals surface area contributed by atoms with Gasteiger partial charge >= 0.3 is 0 Å². The van der Waals surface area contributed by atoms with E-state index in [9.17, 15) is 18.0 Å². The Morgan fingerprint density at radius 1 is 1.23 bits per heavy atom. The molecule has 31 heavy (non-hydrogen) atoms. The summed E-state index contributed by atoms with van der Waals surface area (Å²) < 4.78 is 31.1. The van der Waals surface area contributed by atoms with Crippen LogP contribution in [-0.4, -0.2) is 37.8 Å². The number of nitrogens with one attached hydrogen (secondary N) is 2. The lowest BCUT2D eigenvalue weighted by molar-refractivity contribution is -0.124. The van der Waals surface area contributed by atoms with E-state index in [1.807, 2.05) is 31.2 Å². The van der Waals surface area contributed by atoms with E-state index in [1.54, 1.807) is 19.9 Å². The Labute approximate surface area is 186 Å². The molecule has 0 unspecified atom stereocenters. The van der Waals surface area contributed by atoms with E-state index in [-0.39, 0.29) is 27.7 Å². The third-order valence-corrected chi connectivity index (χ3v) is 7.95. The van der Waals surface area contributed by atoms with Crippen molar-refractivity contribution in [3.63, 3.8) is 0 Å². The molecule has 2 atom stereocenters. The average molecular weight is 463 g/mol. The van der Waals surface area contributed by atoms with Gasteiger partial charge in [0.25, 0.3) is 0 Å². The van der Waals surface area contributed by atoms with E-state index in [1.165, 1.54) is 23.9 Å². The number of sulfone groups is 1. The number of anilines is 1. The second-order valence-corrected chi connectivity index (χ2v) is 10.8. The van der Waals surface area contributed by atoms with Crippen molar-refractivity contribution in [2.45, 2.75) is 42.4 Å². The molecule has 1 aliphatic rings. The largest absolute Gasteiger partial charge is 0.494 e.